The van der Waals surface area contributed by atoms with Crippen molar-refractivity contribution in [3.8, 4) is 5.75 Å². The molecule has 29 heavy (non-hydrogen) atoms. The number of hydrogen-bond acceptors (Lipinski definition) is 4. The van der Waals surface area contributed by atoms with E-state index in [0.717, 1.165) is 16.6 Å². The van der Waals surface area contributed by atoms with Crippen LogP contribution in [0.3, 0.4) is 0 Å². The molecule has 0 radical (unpaired) electrons. The number of ketones is 1. The van der Waals surface area contributed by atoms with E-state index in [1.807, 2.05) is 55.5 Å². The summed E-state index contributed by atoms with van der Waals surface area (Å²) >= 11 is 0. The zero-order chi connectivity index (χ0) is 21.0. The number of carbonyl (C=O) groups is 2. The Bertz CT molecular complexity index is 1010. The van der Waals surface area contributed by atoms with E-state index in [1.54, 1.807) is 0 Å². The van der Waals surface area contributed by atoms with Gasteiger partial charge in [-0.3, -0.25) is 9.59 Å². The van der Waals surface area contributed by atoms with Crippen molar-refractivity contribution in [3.05, 3.63) is 65.4 Å². The van der Waals surface area contributed by atoms with Gasteiger partial charge in [0.2, 0.25) is 5.78 Å². The molecule has 0 unspecified atom stereocenters. The summed E-state index contributed by atoms with van der Waals surface area (Å²) in [6.07, 6.45) is 0.0845. The van der Waals surface area contributed by atoms with Crippen molar-refractivity contribution in [1.29, 1.82) is 0 Å². The van der Waals surface area contributed by atoms with Gasteiger partial charge in [0, 0.05) is 22.2 Å². The van der Waals surface area contributed by atoms with Gasteiger partial charge < -0.3 is 14.5 Å². The van der Waals surface area contributed by atoms with Crippen LogP contribution in [0.1, 0.15) is 48.8 Å². The molecule has 2 aromatic carbocycles. The summed E-state index contributed by atoms with van der Waals surface area (Å²) in [6.45, 7) is 8.22. The van der Waals surface area contributed by atoms with Crippen LogP contribution in [0.25, 0.3) is 10.9 Å². The van der Waals surface area contributed by atoms with E-state index < -0.39 is 5.97 Å². The number of ether oxygens (including phenoxy) is 2. The third-order valence-corrected chi connectivity index (χ3v) is 4.83. The highest BCUT2D eigenvalue weighted by atomic mass is 16.5. The van der Waals surface area contributed by atoms with E-state index in [0.29, 0.717) is 11.3 Å². The average molecular weight is 393 g/mol. The largest absolute Gasteiger partial charge is 0.493 e. The first-order valence-electron chi connectivity index (χ1n) is 9.75. The maximum atomic E-state index is 12.5. The first-order valence-corrected chi connectivity index (χ1v) is 9.75. The molecule has 1 heterocycles. The van der Waals surface area contributed by atoms with E-state index in [4.69, 9.17) is 9.47 Å². The zero-order valence-electron chi connectivity index (χ0n) is 17.4. The Morgan fingerprint density at radius 2 is 1.69 bits per heavy atom. The van der Waals surface area contributed by atoms with Gasteiger partial charge in [0.25, 0.3) is 0 Å². The Kier molecular flexibility index (Phi) is 6.06. The fourth-order valence-corrected chi connectivity index (χ4v) is 3.23. The third-order valence-electron chi connectivity index (χ3n) is 4.83. The fourth-order valence-electron chi connectivity index (χ4n) is 3.23. The lowest BCUT2D eigenvalue weighted by Gasteiger charge is -2.19. The van der Waals surface area contributed by atoms with Gasteiger partial charge in [-0.05, 0) is 36.1 Å². The molecule has 0 atom stereocenters. The molecule has 5 nitrogen and oxygen atoms in total. The molecule has 5 heteroatoms. The van der Waals surface area contributed by atoms with Gasteiger partial charge in [0.05, 0.1) is 13.0 Å². The lowest BCUT2D eigenvalue weighted by molar-refractivity contribution is -0.143. The van der Waals surface area contributed by atoms with Crippen LogP contribution in [0.4, 0.5) is 0 Å². The zero-order valence-corrected chi connectivity index (χ0v) is 17.4. The number of benzene rings is 2. The van der Waals surface area contributed by atoms with E-state index in [1.165, 1.54) is 5.56 Å². The summed E-state index contributed by atoms with van der Waals surface area (Å²) in [6, 6.07) is 15.4. The number of aromatic nitrogens is 1. The number of hydrogen-bond donors (Lipinski definition) is 1. The Labute approximate surface area is 171 Å². The number of Topliss-reactive ketones (excluding diaryl/α,β-unsaturated/α-hetero) is 1. The summed E-state index contributed by atoms with van der Waals surface area (Å²) in [5.74, 6) is 0.0328. The minimum atomic E-state index is -0.456. The van der Waals surface area contributed by atoms with Gasteiger partial charge in [0.1, 0.15) is 5.75 Å². The molecule has 0 fully saturated rings. The Morgan fingerprint density at radius 1 is 1.00 bits per heavy atom. The Morgan fingerprint density at radius 3 is 2.38 bits per heavy atom. The molecule has 0 bridgehead atoms. The fraction of sp³-hybridized carbons (Fsp3) is 0.333. The number of para-hydroxylation sites is 1. The predicted octanol–water partition coefficient (Wildman–Crippen LogP) is 4.97. The second-order valence-electron chi connectivity index (χ2n) is 8.13. The maximum absolute atomic E-state index is 12.5. The van der Waals surface area contributed by atoms with E-state index in [-0.39, 0.29) is 30.8 Å². The van der Waals surface area contributed by atoms with Crippen LogP contribution < -0.4 is 4.74 Å². The van der Waals surface area contributed by atoms with Crippen molar-refractivity contribution in [2.45, 2.75) is 39.5 Å². The molecule has 0 aliphatic rings. The number of carbonyl (C=O) groups excluding carboxylic acids is 2. The molecular formula is C24H27NO4. The number of rotatable bonds is 7. The van der Waals surface area contributed by atoms with Gasteiger partial charge >= 0.3 is 5.97 Å². The molecule has 1 aromatic heterocycles. The molecule has 0 aliphatic carbocycles. The van der Waals surface area contributed by atoms with Crippen molar-refractivity contribution in [2.24, 2.45) is 0 Å². The molecule has 1 N–H and O–H groups in total. The van der Waals surface area contributed by atoms with E-state index in [2.05, 4.69) is 25.8 Å². The van der Waals surface area contributed by atoms with Gasteiger partial charge in [-0.25, -0.2) is 0 Å². The number of esters is 1. The number of nitrogens with one attached hydrogen (secondary N) is 1. The number of H-pyrrole nitrogens is 1. The second kappa shape index (κ2) is 8.52. The highest BCUT2D eigenvalue weighted by Crippen LogP contribution is 2.24. The molecule has 3 rings (SSSR count). The molecule has 0 saturated carbocycles. The van der Waals surface area contributed by atoms with Gasteiger partial charge in [0.15, 0.2) is 6.61 Å². The molecule has 152 valence electrons. The highest BCUT2D eigenvalue weighted by molar-refractivity contribution is 6.10. The van der Waals surface area contributed by atoms with Crippen LogP contribution >= 0.6 is 0 Å². The summed E-state index contributed by atoms with van der Waals surface area (Å²) in [7, 11) is 0. The lowest BCUT2D eigenvalue weighted by Crippen LogP contribution is -2.16. The monoisotopic (exact) mass is 393 g/mol. The van der Waals surface area contributed by atoms with Crippen molar-refractivity contribution >= 4 is 22.7 Å². The first-order chi connectivity index (χ1) is 13.8. The summed E-state index contributed by atoms with van der Waals surface area (Å²) in [5, 5.41) is 0.841. The van der Waals surface area contributed by atoms with E-state index >= 15 is 0 Å². The Hall–Kier alpha value is -3.08. The van der Waals surface area contributed by atoms with Crippen LogP contribution in [-0.2, 0) is 14.9 Å². The van der Waals surface area contributed by atoms with Crippen molar-refractivity contribution in [2.75, 3.05) is 13.2 Å². The minimum absolute atomic E-state index is 0.0814. The number of fused-ring (bicyclic) bond motifs is 1. The Balaban J connectivity index is 1.47. The first kappa shape index (κ1) is 20.6. The normalized spacial score (nSPS) is 11.4. The van der Waals surface area contributed by atoms with Gasteiger partial charge in [-0.1, -0.05) is 51.1 Å². The smallest absolute Gasteiger partial charge is 0.309 e. The maximum Gasteiger partial charge on any atom is 0.309 e. The van der Waals surface area contributed by atoms with Crippen LogP contribution in [-0.4, -0.2) is 30.0 Å². The lowest BCUT2D eigenvalue weighted by atomic mass is 9.87. The molecule has 0 amide bonds. The predicted molar refractivity (Wildman–Crippen MR) is 114 cm³/mol. The van der Waals surface area contributed by atoms with Gasteiger partial charge in [-0.15, -0.1) is 0 Å². The van der Waals surface area contributed by atoms with Crippen LogP contribution in [0.2, 0.25) is 0 Å². The third kappa shape index (κ3) is 5.05. The average Bonchev–Trinajstić information content (AvgIpc) is 3.01. The van der Waals surface area contributed by atoms with Crippen molar-refractivity contribution in [3.63, 3.8) is 0 Å². The van der Waals surface area contributed by atoms with Crippen molar-refractivity contribution < 1.29 is 19.1 Å². The molecule has 0 aliphatic heterocycles. The molecule has 0 spiro atoms. The number of aryl methyl sites for hydroxylation is 1. The second-order valence-corrected chi connectivity index (χ2v) is 8.13. The molecule has 0 saturated heterocycles. The summed E-state index contributed by atoms with van der Waals surface area (Å²) in [5.41, 5.74) is 3.54. The van der Waals surface area contributed by atoms with Gasteiger partial charge in [-0.2, -0.15) is 0 Å². The van der Waals surface area contributed by atoms with Crippen LogP contribution in [0, 0.1) is 6.92 Å². The van der Waals surface area contributed by atoms with E-state index in [9.17, 15) is 9.59 Å². The standard InChI is InChI=1S/C24H27NO4/c1-16-23(19-7-5-6-8-20(19)25-16)21(26)15-29-22(27)13-14-28-18-11-9-17(10-12-18)24(2,3)4/h5-12,25H,13-15H2,1-4H3. The minimum Gasteiger partial charge on any atom is -0.493 e. The van der Waals surface area contributed by atoms with Crippen molar-refractivity contribution in [1.82, 2.24) is 4.98 Å². The molecular weight excluding hydrogens is 366 g/mol. The quantitative estimate of drug-likeness (QED) is 0.455. The molecule has 3 aromatic rings. The van der Waals surface area contributed by atoms with Crippen LogP contribution in [0.15, 0.2) is 48.5 Å². The summed E-state index contributed by atoms with van der Waals surface area (Å²) in [4.78, 5) is 27.7. The highest BCUT2D eigenvalue weighted by Gasteiger charge is 2.17. The number of aromatic amines is 1. The summed E-state index contributed by atoms with van der Waals surface area (Å²) < 4.78 is 10.8. The SMILES string of the molecule is Cc1[nH]c2ccccc2c1C(=O)COC(=O)CCOc1ccc(C(C)(C)C)cc1. The topological polar surface area (TPSA) is 68.4 Å². The van der Waals surface area contributed by atoms with Crippen LogP contribution in [0.5, 0.6) is 5.75 Å².